The molecule has 0 radical (unpaired) electrons. The summed E-state index contributed by atoms with van der Waals surface area (Å²) in [4.78, 5) is 3.13. The van der Waals surface area contributed by atoms with Crippen LogP contribution in [0.1, 0.15) is 0 Å². The van der Waals surface area contributed by atoms with Gasteiger partial charge < -0.3 is 4.98 Å². The number of aromatic amines is 1. The molecule has 5 heteroatoms. The van der Waals surface area contributed by atoms with E-state index in [1.165, 1.54) is 0 Å². The first-order chi connectivity index (χ1) is 8.07. The van der Waals surface area contributed by atoms with Crippen molar-refractivity contribution in [2.75, 3.05) is 0 Å². The van der Waals surface area contributed by atoms with Gasteiger partial charge in [-0.05, 0) is 11.5 Å². The molecule has 0 bridgehead atoms. The van der Waals surface area contributed by atoms with Gasteiger partial charge in [0.2, 0.25) is 0 Å². The molecule has 0 spiro atoms. The second-order valence-corrected chi connectivity index (χ2v) is 6.35. The molecule has 2 aromatic carbocycles. The summed E-state index contributed by atoms with van der Waals surface area (Å²) in [6.45, 7) is 0. The zero-order valence-corrected chi connectivity index (χ0v) is 10.2. The number of rotatable bonds is 1. The molecule has 1 N–H and O–H groups in total. The van der Waals surface area contributed by atoms with Gasteiger partial charge in [-0.2, -0.15) is 0 Å². The van der Waals surface area contributed by atoms with Crippen LogP contribution in [0.4, 0.5) is 0 Å². The van der Waals surface area contributed by atoms with Gasteiger partial charge in [0.1, 0.15) is 0 Å². The molecule has 1 aromatic heterocycles. The third-order valence-corrected chi connectivity index (χ3v) is 4.17. The van der Waals surface area contributed by atoms with Crippen LogP contribution in [0, 0.1) is 0 Å². The summed E-state index contributed by atoms with van der Waals surface area (Å²) >= 11 is 0. The lowest BCUT2D eigenvalue weighted by molar-refractivity contribution is 0.610. The topological polar surface area (TPSA) is 49.9 Å². The highest BCUT2D eigenvalue weighted by molar-refractivity contribution is 8.14. The Balaban J connectivity index is 2.64. The van der Waals surface area contributed by atoms with Crippen LogP contribution < -0.4 is 0 Å². The van der Waals surface area contributed by atoms with Gasteiger partial charge in [0.05, 0.1) is 4.90 Å². The molecule has 0 fully saturated rings. The van der Waals surface area contributed by atoms with Crippen molar-refractivity contribution in [1.82, 2.24) is 4.98 Å². The lowest BCUT2D eigenvalue weighted by Crippen LogP contribution is -1.92. The number of halogens is 1. The number of hydrogen-bond acceptors (Lipinski definition) is 2. The Hall–Kier alpha value is -1.52. The first-order valence-electron chi connectivity index (χ1n) is 5.00. The van der Waals surface area contributed by atoms with E-state index in [4.69, 9.17) is 10.7 Å². The number of fused-ring (bicyclic) bond motifs is 3. The second-order valence-electron chi connectivity index (χ2n) is 3.82. The zero-order valence-electron chi connectivity index (χ0n) is 8.64. The zero-order chi connectivity index (χ0) is 12.0. The first-order valence-corrected chi connectivity index (χ1v) is 7.31. The molecule has 0 aliphatic carbocycles. The van der Waals surface area contributed by atoms with E-state index in [1.807, 2.05) is 18.3 Å². The van der Waals surface area contributed by atoms with Crippen LogP contribution in [0.2, 0.25) is 0 Å². The fourth-order valence-electron chi connectivity index (χ4n) is 2.08. The third-order valence-electron chi connectivity index (χ3n) is 2.81. The summed E-state index contributed by atoms with van der Waals surface area (Å²) in [5.74, 6) is 0. The van der Waals surface area contributed by atoms with Gasteiger partial charge in [0.25, 0.3) is 9.05 Å². The van der Waals surface area contributed by atoms with Crippen molar-refractivity contribution in [3.63, 3.8) is 0 Å². The molecule has 0 aliphatic rings. The molecule has 3 aromatic rings. The average molecular weight is 266 g/mol. The van der Waals surface area contributed by atoms with Gasteiger partial charge in [-0.25, -0.2) is 8.42 Å². The lowest BCUT2D eigenvalue weighted by Gasteiger charge is -2.04. The van der Waals surface area contributed by atoms with Crippen LogP contribution in [-0.4, -0.2) is 13.4 Å². The van der Waals surface area contributed by atoms with Crippen LogP contribution in [0.15, 0.2) is 47.6 Å². The highest BCUT2D eigenvalue weighted by Gasteiger charge is 2.16. The quantitative estimate of drug-likeness (QED) is 0.687. The van der Waals surface area contributed by atoms with Crippen molar-refractivity contribution in [2.45, 2.75) is 4.90 Å². The van der Waals surface area contributed by atoms with E-state index >= 15 is 0 Å². The molecule has 0 aliphatic heterocycles. The van der Waals surface area contributed by atoms with Crippen LogP contribution in [0.5, 0.6) is 0 Å². The highest BCUT2D eigenvalue weighted by Crippen LogP contribution is 2.32. The summed E-state index contributed by atoms with van der Waals surface area (Å²) < 4.78 is 23.1. The van der Waals surface area contributed by atoms with E-state index in [2.05, 4.69) is 4.98 Å². The van der Waals surface area contributed by atoms with Gasteiger partial charge in [-0.15, -0.1) is 0 Å². The number of hydrogen-bond donors (Lipinski definition) is 1. The summed E-state index contributed by atoms with van der Waals surface area (Å²) in [6.07, 6.45) is 3.61. The molecular formula is C12H8ClNO2S. The minimum atomic E-state index is -3.74. The van der Waals surface area contributed by atoms with Gasteiger partial charge in [0.15, 0.2) is 0 Å². The number of nitrogens with one attached hydrogen (secondary N) is 1. The normalized spacial score (nSPS) is 12.3. The van der Waals surface area contributed by atoms with E-state index in [0.29, 0.717) is 5.39 Å². The molecule has 0 atom stereocenters. The predicted octanol–water partition coefficient (Wildman–Crippen LogP) is 3.25. The maximum Gasteiger partial charge on any atom is 0.261 e. The van der Waals surface area contributed by atoms with Crippen molar-refractivity contribution >= 4 is 41.3 Å². The van der Waals surface area contributed by atoms with Crippen LogP contribution in [0.3, 0.4) is 0 Å². The Morgan fingerprint density at radius 1 is 1.00 bits per heavy atom. The van der Waals surface area contributed by atoms with E-state index in [1.54, 1.807) is 24.4 Å². The SMILES string of the molecule is O=S(=O)(Cl)c1cc2c[nH]cc2c2ccccc12. The fraction of sp³-hybridized carbons (Fsp3) is 0. The summed E-state index contributed by atoms with van der Waals surface area (Å²) in [5, 5.41) is 3.35. The fourth-order valence-corrected chi connectivity index (χ4v) is 3.17. The van der Waals surface area contributed by atoms with E-state index in [-0.39, 0.29) is 4.90 Å². The largest absolute Gasteiger partial charge is 0.366 e. The Bertz CT molecular complexity index is 821. The van der Waals surface area contributed by atoms with Crippen molar-refractivity contribution < 1.29 is 8.42 Å². The van der Waals surface area contributed by atoms with Gasteiger partial charge in [0, 0.05) is 39.2 Å². The lowest BCUT2D eigenvalue weighted by atomic mass is 10.1. The molecule has 0 unspecified atom stereocenters. The van der Waals surface area contributed by atoms with Crippen LogP contribution in [-0.2, 0) is 9.05 Å². The average Bonchev–Trinajstić information content (AvgIpc) is 2.74. The number of aromatic nitrogens is 1. The molecule has 3 rings (SSSR count). The summed E-state index contributed by atoms with van der Waals surface area (Å²) in [7, 11) is 1.73. The van der Waals surface area contributed by atoms with Crippen molar-refractivity contribution in [2.24, 2.45) is 0 Å². The monoisotopic (exact) mass is 265 g/mol. The summed E-state index contributed by atoms with van der Waals surface area (Å²) in [5.41, 5.74) is 0. The highest BCUT2D eigenvalue weighted by atomic mass is 35.7. The third kappa shape index (κ3) is 1.61. The van der Waals surface area contributed by atoms with E-state index in [9.17, 15) is 8.42 Å². The maximum atomic E-state index is 11.6. The van der Waals surface area contributed by atoms with E-state index in [0.717, 1.165) is 16.2 Å². The van der Waals surface area contributed by atoms with Crippen molar-refractivity contribution in [1.29, 1.82) is 0 Å². The van der Waals surface area contributed by atoms with Gasteiger partial charge in [-0.1, -0.05) is 24.3 Å². The van der Waals surface area contributed by atoms with E-state index < -0.39 is 9.05 Å². The molecule has 0 saturated carbocycles. The Kier molecular flexibility index (Phi) is 2.18. The molecule has 1 heterocycles. The molecular weight excluding hydrogens is 258 g/mol. The predicted molar refractivity (Wildman–Crippen MR) is 68.8 cm³/mol. The molecule has 0 saturated heterocycles. The Morgan fingerprint density at radius 3 is 2.41 bits per heavy atom. The van der Waals surface area contributed by atoms with Gasteiger partial charge >= 0.3 is 0 Å². The van der Waals surface area contributed by atoms with Crippen LogP contribution in [0.25, 0.3) is 21.5 Å². The first kappa shape index (κ1) is 10.6. The number of benzene rings is 2. The Labute approximate surface area is 102 Å². The molecule has 3 nitrogen and oxygen atoms in total. The Morgan fingerprint density at radius 2 is 1.71 bits per heavy atom. The smallest absolute Gasteiger partial charge is 0.261 e. The summed E-state index contributed by atoms with van der Waals surface area (Å²) in [6, 6.07) is 8.91. The molecule has 86 valence electrons. The van der Waals surface area contributed by atoms with Crippen molar-refractivity contribution in [3.05, 3.63) is 42.7 Å². The number of H-pyrrole nitrogens is 1. The van der Waals surface area contributed by atoms with Crippen molar-refractivity contribution in [3.8, 4) is 0 Å². The minimum absolute atomic E-state index is 0.155. The minimum Gasteiger partial charge on any atom is -0.366 e. The maximum absolute atomic E-state index is 11.6. The molecule has 0 amide bonds. The second kappa shape index (κ2) is 3.48. The van der Waals surface area contributed by atoms with Gasteiger partial charge in [-0.3, -0.25) is 0 Å². The molecule has 17 heavy (non-hydrogen) atoms. The standard InChI is InChI=1S/C12H8ClNO2S/c13-17(15,16)12-5-8-6-14-7-11(8)9-3-1-2-4-10(9)12/h1-7,14H. The van der Waals surface area contributed by atoms with Crippen LogP contribution >= 0.6 is 10.7 Å².